The van der Waals surface area contributed by atoms with E-state index >= 15 is 0 Å². The lowest BCUT2D eigenvalue weighted by Crippen LogP contribution is -2.34. The molecule has 1 amide bonds. The number of ketones is 1. The molecule has 1 N–H and O–H groups in total. The normalized spacial score (nSPS) is 17.1. The molecule has 0 saturated carbocycles. The molecule has 0 radical (unpaired) electrons. The zero-order valence-electron chi connectivity index (χ0n) is 22.2. The van der Waals surface area contributed by atoms with Crippen LogP contribution in [-0.2, 0) is 9.59 Å². The quantitative estimate of drug-likeness (QED) is 0.174. The average molecular weight is 527 g/mol. The van der Waals surface area contributed by atoms with Crippen molar-refractivity contribution in [2.24, 2.45) is 0 Å². The molecule has 200 valence electrons. The first-order chi connectivity index (χ1) is 17.9. The van der Waals surface area contributed by atoms with Gasteiger partial charge in [-0.1, -0.05) is 50.4 Å². The molecule has 2 aromatic rings. The number of carbonyl (C=O) groups is 2. The summed E-state index contributed by atoms with van der Waals surface area (Å²) in [6.45, 7) is 10.2. The van der Waals surface area contributed by atoms with Gasteiger partial charge in [-0.3, -0.25) is 9.59 Å². The Kier molecular flexibility index (Phi) is 11.0. The Bertz CT molecular complexity index is 1060. The molecule has 1 unspecified atom stereocenters. The highest BCUT2D eigenvalue weighted by atomic mass is 35.5. The molecule has 1 aliphatic heterocycles. The molecule has 6 nitrogen and oxygen atoms in total. The van der Waals surface area contributed by atoms with Crippen LogP contribution in [-0.4, -0.2) is 59.4 Å². The first-order valence-corrected chi connectivity index (χ1v) is 13.8. The summed E-state index contributed by atoms with van der Waals surface area (Å²) in [5.74, 6) is -0.726. The number of nitrogens with zero attached hydrogens (tertiary/aromatic N) is 2. The summed E-state index contributed by atoms with van der Waals surface area (Å²) in [7, 11) is 0. The number of rotatable bonds is 14. The summed E-state index contributed by atoms with van der Waals surface area (Å²) in [6, 6.07) is 13.3. The van der Waals surface area contributed by atoms with E-state index in [0.717, 1.165) is 57.3 Å². The molecule has 1 atom stereocenters. The van der Waals surface area contributed by atoms with Crippen molar-refractivity contribution in [3.8, 4) is 5.75 Å². The molecule has 3 rings (SSSR count). The number of hydrogen-bond donors (Lipinski definition) is 1. The summed E-state index contributed by atoms with van der Waals surface area (Å²) in [5.41, 5.74) is 1.31. The van der Waals surface area contributed by atoms with Gasteiger partial charge in [-0.15, -0.1) is 0 Å². The fourth-order valence-electron chi connectivity index (χ4n) is 4.70. The number of aliphatic hydroxyl groups is 1. The van der Waals surface area contributed by atoms with Crippen LogP contribution in [0.1, 0.15) is 70.0 Å². The van der Waals surface area contributed by atoms with E-state index in [1.807, 2.05) is 31.2 Å². The van der Waals surface area contributed by atoms with Gasteiger partial charge in [-0.05, 0) is 87.8 Å². The van der Waals surface area contributed by atoms with Crippen molar-refractivity contribution >= 4 is 29.1 Å². The molecule has 2 aromatic carbocycles. The number of benzene rings is 2. The Morgan fingerprint density at radius 3 is 2.08 bits per heavy atom. The van der Waals surface area contributed by atoms with Crippen molar-refractivity contribution in [2.75, 3.05) is 32.8 Å². The van der Waals surface area contributed by atoms with Crippen LogP contribution in [0.4, 0.5) is 0 Å². The van der Waals surface area contributed by atoms with Crippen LogP contribution in [0.2, 0.25) is 5.02 Å². The maximum Gasteiger partial charge on any atom is 0.295 e. The van der Waals surface area contributed by atoms with Crippen molar-refractivity contribution in [2.45, 2.75) is 58.9 Å². The van der Waals surface area contributed by atoms with Crippen LogP contribution < -0.4 is 4.74 Å². The number of aliphatic hydroxyl groups excluding tert-OH is 1. The SMILES string of the molecule is CCCCN(CCCC)CCCN1C(=O)C(=O)/C(=C(\O)c2ccc(Cl)cc2)C1c1ccc(OCC)cc1. The Morgan fingerprint density at radius 2 is 1.51 bits per heavy atom. The van der Waals surface area contributed by atoms with Gasteiger partial charge in [0.25, 0.3) is 11.7 Å². The molecular formula is C30H39ClN2O4. The smallest absolute Gasteiger partial charge is 0.295 e. The number of unbranched alkanes of at least 4 members (excludes halogenated alkanes) is 2. The van der Waals surface area contributed by atoms with Crippen molar-refractivity contribution in [3.63, 3.8) is 0 Å². The highest BCUT2D eigenvalue weighted by Gasteiger charge is 2.45. The lowest BCUT2D eigenvalue weighted by atomic mass is 9.95. The predicted molar refractivity (Wildman–Crippen MR) is 149 cm³/mol. The number of Topliss-reactive ketones (excluding diaryl/α,β-unsaturated/α-hetero) is 1. The topological polar surface area (TPSA) is 70.1 Å². The fraction of sp³-hybridized carbons (Fsp3) is 0.467. The van der Waals surface area contributed by atoms with Crippen molar-refractivity contribution < 1.29 is 19.4 Å². The molecule has 0 bridgehead atoms. The molecule has 7 heteroatoms. The third-order valence-corrected chi connectivity index (χ3v) is 6.95. The first-order valence-electron chi connectivity index (χ1n) is 13.4. The summed E-state index contributed by atoms with van der Waals surface area (Å²) in [4.78, 5) is 30.6. The van der Waals surface area contributed by atoms with E-state index in [1.54, 1.807) is 29.2 Å². The van der Waals surface area contributed by atoms with Crippen molar-refractivity contribution in [3.05, 3.63) is 70.3 Å². The molecule has 1 aliphatic rings. The molecule has 1 saturated heterocycles. The highest BCUT2D eigenvalue weighted by Crippen LogP contribution is 2.40. The van der Waals surface area contributed by atoms with Crippen LogP contribution in [0.25, 0.3) is 5.76 Å². The average Bonchev–Trinajstić information content (AvgIpc) is 3.15. The van der Waals surface area contributed by atoms with E-state index < -0.39 is 17.7 Å². The molecule has 1 heterocycles. The lowest BCUT2D eigenvalue weighted by Gasteiger charge is -2.27. The largest absolute Gasteiger partial charge is 0.507 e. The van der Waals surface area contributed by atoms with Crippen LogP contribution in [0.3, 0.4) is 0 Å². The minimum absolute atomic E-state index is 0.102. The second-order valence-corrected chi connectivity index (χ2v) is 9.84. The standard InChI is InChI=1S/C30H39ClN2O4/c1-4-7-18-32(19-8-5-2)20-9-21-33-27(22-12-16-25(17-13-22)37-6-3)26(29(35)30(33)36)28(34)23-10-14-24(31)15-11-23/h10-17,27,34H,4-9,18-21H2,1-3H3/b28-26-. The zero-order chi connectivity index (χ0) is 26.8. The van der Waals surface area contributed by atoms with Crippen molar-refractivity contribution in [1.29, 1.82) is 0 Å². The summed E-state index contributed by atoms with van der Waals surface area (Å²) in [5, 5.41) is 11.7. The summed E-state index contributed by atoms with van der Waals surface area (Å²) in [6.07, 6.45) is 5.30. The maximum absolute atomic E-state index is 13.3. The minimum Gasteiger partial charge on any atom is -0.507 e. The van der Waals surface area contributed by atoms with Gasteiger partial charge < -0.3 is 19.6 Å². The van der Waals surface area contributed by atoms with E-state index in [9.17, 15) is 14.7 Å². The van der Waals surface area contributed by atoms with E-state index in [1.165, 1.54) is 0 Å². The molecule has 0 spiro atoms. The maximum atomic E-state index is 13.3. The van der Waals surface area contributed by atoms with Gasteiger partial charge >= 0.3 is 0 Å². The third kappa shape index (κ3) is 7.36. The Hall–Kier alpha value is -2.83. The summed E-state index contributed by atoms with van der Waals surface area (Å²) < 4.78 is 5.58. The fourth-order valence-corrected chi connectivity index (χ4v) is 4.82. The van der Waals surface area contributed by atoms with Gasteiger partial charge in [0.05, 0.1) is 18.2 Å². The Balaban J connectivity index is 1.92. The number of hydrogen-bond acceptors (Lipinski definition) is 5. The van der Waals surface area contributed by atoms with Gasteiger partial charge in [0.15, 0.2) is 0 Å². The van der Waals surface area contributed by atoms with Crippen LogP contribution in [0.5, 0.6) is 5.75 Å². The number of halogens is 1. The Labute approximate surface area is 225 Å². The van der Waals surface area contributed by atoms with Gasteiger partial charge in [0.1, 0.15) is 11.5 Å². The van der Waals surface area contributed by atoms with E-state index in [0.29, 0.717) is 29.5 Å². The molecule has 1 fully saturated rings. The molecular weight excluding hydrogens is 488 g/mol. The second kappa shape index (κ2) is 14.2. The monoisotopic (exact) mass is 526 g/mol. The van der Waals surface area contributed by atoms with E-state index in [4.69, 9.17) is 16.3 Å². The van der Waals surface area contributed by atoms with Crippen LogP contribution in [0, 0.1) is 0 Å². The van der Waals surface area contributed by atoms with E-state index in [2.05, 4.69) is 18.7 Å². The van der Waals surface area contributed by atoms with Crippen LogP contribution in [0.15, 0.2) is 54.1 Å². The molecule has 0 aromatic heterocycles. The van der Waals surface area contributed by atoms with Gasteiger partial charge in [0.2, 0.25) is 0 Å². The highest BCUT2D eigenvalue weighted by molar-refractivity contribution is 6.46. The Morgan fingerprint density at radius 1 is 0.919 bits per heavy atom. The van der Waals surface area contributed by atoms with Crippen molar-refractivity contribution in [1.82, 2.24) is 9.80 Å². The number of carbonyl (C=O) groups excluding carboxylic acids is 2. The van der Waals surface area contributed by atoms with Gasteiger partial charge in [-0.25, -0.2) is 0 Å². The first kappa shape index (κ1) is 28.7. The molecule has 37 heavy (non-hydrogen) atoms. The predicted octanol–water partition coefficient (Wildman–Crippen LogP) is 6.45. The number of ether oxygens (including phenoxy) is 1. The second-order valence-electron chi connectivity index (χ2n) is 9.40. The number of amides is 1. The lowest BCUT2D eigenvalue weighted by molar-refractivity contribution is -0.140. The van der Waals surface area contributed by atoms with Crippen LogP contribution >= 0.6 is 11.6 Å². The zero-order valence-corrected chi connectivity index (χ0v) is 23.0. The minimum atomic E-state index is -0.675. The number of likely N-dealkylation sites (tertiary alicyclic amines) is 1. The van der Waals surface area contributed by atoms with Gasteiger partial charge in [0, 0.05) is 17.1 Å². The summed E-state index contributed by atoms with van der Waals surface area (Å²) >= 11 is 6.02. The van der Waals surface area contributed by atoms with E-state index in [-0.39, 0.29) is 11.3 Å². The molecule has 0 aliphatic carbocycles. The van der Waals surface area contributed by atoms with Gasteiger partial charge in [-0.2, -0.15) is 0 Å². The third-order valence-electron chi connectivity index (χ3n) is 6.69.